The van der Waals surface area contributed by atoms with E-state index in [9.17, 15) is 4.79 Å². The van der Waals surface area contributed by atoms with Crippen LogP contribution in [0.25, 0.3) is 0 Å². The van der Waals surface area contributed by atoms with Crippen LogP contribution in [0.1, 0.15) is 56.3 Å². The fourth-order valence-corrected chi connectivity index (χ4v) is 3.89. The Morgan fingerprint density at radius 1 is 1.21 bits per heavy atom. The van der Waals surface area contributed by atoms with Gasteiger partial charge in [-0.05, 0) is 55.7 Å². The molecule has 0 bridgehead atoms. The van der Waals surface area contributed by atoms with Crippen molar-refractivity contribution in [2.75, 3.05) is 13.2 Å². The van der Waals surface area contributed by atoms with Crippen molar-refractivity contribution in [1.29, 1.82) is 0 Å². The molecule has 132 valence electrons. The van der Waals surface area contributed by atoms with Crippen LogP contribution in [-0.4, -0.2) is 31.3 Å². The normalized spacial score (nSPS) is 30.1. The topological polar surface area (TPSA) is 47.6 Å². The fourth-order valence-electron chi connectivity index (χ4n) is 3.89. The van der Waals surface area contributed by atoms with Gasteiger partial charge in [-0.1, -0.05) is 26.3 Å². The van der Waals surface area contributed by atoms with Gasteiger partial charge in [0.05, 0.1) is 6.10 Å². The maximum Gasteiger partial charge on any atom is 0.251 e. The summed E-state index contributed by atoms with van der Waals surface area (Å²) in [5.41, 5.74) is 0.671. The summed E-state index contributed by atoms with van der Waals surface area (Å²) < 4.78 is 11.4. The number of benzene rings is 1. The van der Waals surface area contributed by atoms with E-state index in [2.05, 4.69) is 19.2 Å². The minimum absolute atomic E-state index is 0.00293. The maximum atomic E-state index is 12.6. The first-order chi connectivity index (χ1) is 11.6. The van der Waals surface area contributed by atoms with Crippen LogP contribution in [0.15, 0.2) is 24.3 Å². The van der Waals surface area contributed by atoms with Gasteiger partial charge in [-0.25, -0.2) is 0 Å². The molecule has 0 spiro atoms. The molecule has 3 rings (SSSR count). The molecule has 1 aliphatic heterocycles. The summed E-state index contributed by atoms with van der Waals surface area (Å²) >= 11 is 0. The van der Waals surface area contributed by atoms with Gasteiger partial charge in [-0.2, -0.15) is 0 Å². The second kappa shape index (κ2) is 8.02. The Morgan fingerprint density at radius 2 is 2.00 bits per heavy atom. The van der Waals surface area contributed by atoms with E-state index in [0.29, 0.717) is 24.0 Å². The highest BCUT2D eigenvalue weighted by molar-refractivity contribution is 5.94. The zero-order valence-corrected chi connectivity index (χ0v) is 14.8. The van der Waals surface area contributed by atoms with Crippen LogP contribution >= 0.6 is 0 Å². The third-order valence-electron chi connectivity index (χ3n) is 5.40. The molecule has 3 unspecified atom stereocenters. The highest BCUT2D eigenvalue weighted by atomic mass is 16.5. The fraction of sp³-hybridized carbons (Fsp3) is 0.650. The molecule has 0 aromatic heterocycles. The molecular formula is C20H29NO3. The Bertz CT molecular complexity index is 544. The molecule has 1 saturated heterocycles. The Balaban J connectivity index is 1.58. The van der Waals surface area contributed by atoms with E-state index in [0.717, 1.165) is 25.2 Å². The summed E-state index contributed by atoms with van der Waals surface area (Å²) in [5.74, 6) is 1.82. The zero-order valence-electron chi connectivity index (χ0n) is 14.8. The Kier molecular flexibility index (Phi) is 5.77. The van der Waals surface area contributed by atoms with E-state index in [4.69, 9.17) is 9.47 Å². The molecule has 24 heavy (non-hydrogen) atoms. The third kappa shape index (κ3) is 4.29. The largest absolute Gasteiger partial charge is 0.491 e. The van der Waals surface area contributed by atoms with Crippen molar-refractivity contribution in [2.45, 2.75) is 58.1 Å². The standard InChI is InChI=1S/C20H29NO3/c1-14-6-3-7-15(2)19(14)21-20(22)16-8-4-9-17(12-16)24-13-18-10-5-11-23-18/h4,8-9,12,14-15,18-19H,3,5-7,10-11,13H2,1-2H3,(H,21,22). The molecule has 1 aromatic rings. The monoisotopic (exact) mass is 331 g/mol. The van der Waals surface area contributed by atoms with Crippen molar-refractivity contribution < 1.29 is 14.3 Å². The van der Waals surface area contributed by atoms with E-state index < -0.39 is 0 Å². The first-order valence-electron chi connectivity index (χ1n) is 9.29. The lowest BCUT2D eigenvalue weighted by molar-refractivity contribution is 0.0679. The van der Waals surface area contributed by atoms with Gasteiger partial charge < -0.3 is 14.8 Å². The Hall–Kier alpha value is -1.55. The second-order valence-electron chi connectivity index (χ2n) is 7.36. The average molecular weight is 331 g/mol. The zero-order chi connectivity index (χ0) is 16.9. The SMILES string of the molecule is CC1CCCC(C)C1NC(=O)c1cccc(OCC2CCCO2)c1. The van der Waals surface area contributed by atoms with Crippen molar-refractivity contribution in [1.82, 2.24) is 5.32 Å². The molecule has 1 aromatic carbocycles. The van der Waals surface area contributed by atoms with Crippen molar-refractivity contribution in [3.63, 3.8) is 0 Å². The molecular weight excluding hydrogens is 302 g/mol. The highest BCUT2D eigenvalue weighted by Crippen LogP contribution is 2.29. The lowest BCUT2D eigenvalue weighted by Gasteiger charge is -2.35. The summed E-state index contributed by atoms with van der Waals surface area (Å²) in [4.78, 5) is 12.6. The van der Waals surface area contributed by atoms with Crippen LogP contribution in [-0.2, 0) is 4.74 Å². The van der Waals surface area contributed by atoms with Crippen molar-refractivity contribution in [3.05, 3.63) is 29.8 Å². The van der Waals surface area contributed by atoms with Crippen LogP contribution in [0.2, 0.25) is 0 Å². The minimum Gasteiger partial charge on any atom is -0.491 e. The van der Waals surface area contributed by atoms with Crippen LogP contribution in [0.5, 0.6) is 5.75 Å². The van der Waals surface area contributed by atoms with Crippen LogP contribution in [0.4, 0.5) is 0 Å². The van der Waals surface area contributed by atoms with Gasteiger partial charge in [0.2, 0.25) is 0 Å². The minimum atomic E-state index is 0.00293. The number of nitrogens with one attached hydrogen (secondary N) is 1. The van der Waals surface area contributed by atoms with E-state index in [1.165, 1.54) is 19.3 Å². The third-order valence-corrected chi connectivity index (χ3v) is 5.40. The predicted molar refractivity (Wildman–Crippen MR) is 94.3 cm³/mol. The van der Waals surface area contributed by atoms with Gasteiger partial charge in [0.1, 0.15) is 12.4 Å². The van der Waals surface area contributed by atoms with Gasteiger partial charge in [-0.3, -0.25) is 4.79 Å². The first kappa shape index (κ1) is 17.3. The summed E-state index contributed by atoms with van der Waals surface area (Å²) in [6.07, 6.45) is 6.00. The quantitative estimate of drug-likeness (QED) is 0.893. The number of hydrogen-bond acceptors (Lipinski definition) is 3. The average Bonchev–Trinajstić information content (AvgIpc) is 3.10. The van der Waals surface area contributed by atoms with Crippen LogP contribution < -0.4 is 10.1 Å². The molecule has 2 fully saturated rings. The highest BCUT2D eigenvalue weighted by Gasteiger charge is 2.29. The summed E-state index contributed by atoms with van der Waals surface area (Å²) in [5, 5.41) is 3.24. The summed E-state index contributed by atoms with van der Waals surface area (Å²) in [7, 11) is 0. The van der Waals surface area contributed by atoms with Crippen LogP contribution in [0, 0.1) is 11.8 Å². The van der Waals surface area contributed by atoms with Crippen LogP contribution in [0.3, 0.4) is 0 Å². The smallest absolute Gasteiger partial charge is 0.251 e. The Labute approximate surface area is 144 Å². The van der Waals surface area contributed by atoms with E-state index >= 15 is 0 Å². The molecule has 1 N–H and O–H groups in total. The van der Waals surface area contributed by atoms with E-state index in [-0.39, 0.29) is 18.1 Å². The number of hydrogen-bond donors (Lipinski definition) is 1. The molecule has 1 amide bonds. The lowest BCUT2D eigenvalue weighted by atomic mass is 9.78. The maximum absolute atomic E-state index is 12.6. The van der Waals surface area contributed by atoms with Gasteiger partial charge in [0, 0.05) is 18.2 Å². The molecule has 0 radical (unpaired) electrons. The molecule has 1 aliphatic carbocycles. The number of ether oxygens (including phenoxy) is 2. The van der Waals surface area contributed by atoms with Crippen molar-refractivity contribution >= 4 is 5.91 Å². The van der Waals surface area contributed by atoms with Gasteiger partial charge >= 0.3 is 0 Å². The molecule has 4 heteroatoms. The van der Waals surface area contributed by atoms with E-state index in [1.807, 2.05) is 24.3 Å². The molecule has 3 atom stereocenters. The van der Waals surface area contributed by atoms with E-state index in [1.54, 1.807) is 0 Å². The Morgan fingerprint density at radius 3 is 2.71 bits per heavy atom. The summed E-state index contributed by atoms with van der Waals surface area (Å²) in [6, 6.07) is 7.74. The van der Waals surface area contributed by atoms with Gasteiger partial charge in [0.25, 0.3) is 5.91 Å². The predicted octanol–water partition coefficient (Wildman–Crippen LogP) is 3.80. The number of carbonyl (C=O) groups excluding carboxylic acids is 1. The molecule has 1 saturated carbocycles. The number of amides is 1. The number of rotatable bonds is 5. The summed E-state index contributed by atoms with van der Waals surface area (Å²) in [6.45, 7) is 5.86. The molecule has 2 aliphatic rings. The van der Waals surface area contributed by atoms with Crippen molar-refractivity contribution in [2.24, 2.45) is 11.8 Å². The van der Waals surface area contributed by atoms with Gasteiger partial charge in [-0.15, -0.1) is 0 Å². The molecule has 1 heterocycles. The number of carbonyl (C=O) groups is 1. The van der Waals surface area contributed by atoms with Gasteiger partial charge in [0.15, 0.2) is 0 Å². The van der Waals surface area contributed by atoms with Crippen molar-refractivity contribution in [3.8, 4) is 5.75 Å². The lowest BCUT2D eigenvalue weighted by Crippen LogP contribution is -2.45. The first-order valence-corrected chi connectivity index (χ1v) is 9.29. The molecule has 4 nitrogen and oxygen atoms in total. The second-order valence-corrected chi connectivity index (χ2v) is 7.36.